The average Bonchev–Trinajstić information content (AvgIpc) is 2.34. The number of hydrogen-bond donors (Lipinski definition) is 1. The summed E-state index contributed by atoms with van der Waals surface area (Å²) >= 11 is 0. The predicted octanol–water partition coefficient (Wildman–Crippen LogP) is 2.77. The fourth-order valence-electron chi connectivity index (χ4n) is 2.00. The molecule has 1 aromatic rings. The van der Waals surface area contributed by atoms with Crippen LogP contribution in [0.5, 0.6) is 5.75 Å². The topological polar surface area (TPSA) is 38.5 Å². The van der Waals surface area contributed by atoms with Crippen molar-refractivity contribution in [1.82, 2.24) is 4.90 Å². The van der Waals surface area contributed by atoms with E-state index in [0.717, 1.165) is 18.7 Å². The van der Waals surface area contributed by atoms with Crippen LogP contribution in [0.2, 0.25) is 0 Å². The van der Waals surface area contributed by atoms with E-state index in [1.54, 1.807) is 7.11 Å². The molecular formula is C15H26N2O. The molecule has 0 saturated carbocycles. The standard InChI is InChI=1S/C15H26N2O/c1-11(2)13-10-12(6-7-15(13)18-5)14(16)8-9-17(3)4/h6-7,10-11,14H,8-9,16H2,1-5H3. The number of rotatable bonds is 6. The fourth-order valence-corrected chi connectivity index (χ4v) is 2.00. The van der Waals surface area contributed by atoms with Gasteiger partial charge in [-0.25, -0.2) is 0 Å². The number of hydrogen-bond acceptors (Lipinski definition) is 3. The van der Waals surface area contributed by atoms with Gasteiger partial charge < -0.3 is 15.4 Å². The fraction of sp³-hybridized carbons (Fsp3) is 0.600. The third-order valence-electron chi connectivity index (χ3n) is 3.19. The molecule has 0 aliphatic heterocycles. The lowest BCUT2D eigenvalue weighted by Gasteiger charge is -2.18. The molecule has 102 valence electrons. The van der Waals surface area contributed by atoms with Crippen LogP contribution >= 0.6 is 0 Å². The van der Waals surface area contributed by atoms with E-state index >= 15 is 0 Å². The van der Waals surface area contributed by atoms with Crippen LogP contribution in [0.25, 0.3) is 0 Å². The third-order valence-corrected chi connectivity index (χ3v) is 3.19. The number of nitrogens with two attached hydrogens (primary N) is 1. The molecule has 3 heteroatoms. The Morgan fingerprint density at radius 2 is 1.94 bits per heavy atom. The summed E-state index contributed by atoms with van der Waals surface area (Å²) in [6.07, 6.45) is 0.969. The minimum absolute atomic E-state index is 0.0933. The molecule has 0 aliphatic rings. The van der Waals surface area contributed by atoms with Crippen LogP contribution < -0.4 is 10.5 Å². The summed E-state index contributed by atoms with van der Waals surface area (Å²) in [5.74, 6) is 1.40. The highest BCUT2D eigenvalue weighted by Gasteiger charge is 2.12. The van der Waals surface area contributed by atoms with Crippen molar-refractivity contribution in [2.24, 2.45) is 5.73 Å². The molecule has 1 rings (SSSR count). The molecule has 0 bridgehead atoms. The maximum atomic E-state index is 6.24. The Labute approximate surface area is 111 Å². The van der Waals surface area contributed by atoms with Crippen molar-refractivity contribution in [2.75, 3.05) is 27.7 Å². The van der Waals surface area contributed by atoms with Gasteiger partial charge in [0.2, 0.25) is 0 Å². The van der Waals surface area contributed by atoms with Gasteiger partial charge in [0.25, 0.3) is 0 Å². The van der Waals surface area contributed by atoms with Gasteiger partial charge in [-0.3, -0.25) is 0 Å². The molecule has 0 spiro atoms. The summed E-state index contributed by atoms with van der Waals surface area (Å²) in [7, 11) is 5.85. The van der Waals surface area contributed by atoms with Crippen LogP contribution in [0, 0.1) is 0 Å². The van der Waals surface area contributed by atoms with E-state index in [9.17, 15) is 0 Å². The molecule has 0 aliphatic carbocycles. The van der Waals surface area contributed by atoms with Gasteiger partial charge in [0, 0.05) is 6.04 Å². The van der Waals surface area contributed by atoms with Gasteiger partial charge >= 0.3 is 0 Å². The van der Waals surface area contributed by atoms with Crippen LogP contribution in [-0.2, 0) is 0 Å². The zero-order chi connectivity index (χ0) is 13.7. The molecule has 1 atom stereocenters. The lowest BCUT2D eigenvalue weighted by Crippen LogP contribution is -2.20. The van der Waals surface area contributed by atoms with Gasteiger partial charge in [-0.05, 0) is 50.2 Å². The van der Waals surface area contributed by atoms with E-state index in [0.29, 0.717) is 5.92 Å². The second-order valence-electron chi connectivity index (χ2n) is 5.35. The van der Waals surface area contributed by atoms with Crippen LogP contribution in [0.15, 0.2) is 18.2 Å². The van der Waals surface area contributed by atoms with Crippen LogP contribution in [0.1, 0.15) is 43.4 Å². The Morgan fingerprint density at radius 1 is 1.28 bits per heavy atom. The second-order valence-corrected chi connectivity index (χ2v) is 5.35. The van der Waals surface area contributed by atoms with E-state index in [1.165, 1.54) is 11.1 Å². The number of benzene rings is 1. The highest BCUT2D eigenvalue weighted by Crippen LogP contribution is 2.29. The zero-order valence-corrected chi connectivity index (χ0v) is 12.2. The van der Waals surface area contributed by atoms with Gasteiger partial charge in [-0.15, -0.1) is 0 Å². The number of ether oxygens (including phenoxy) is 1. The van der Waals surface area contributed by atoms with Crippen molar-refractivity contribution in [1.29, 1.82) is 0 Å². The lowest BCUT2D eigenvalue weighted by atomic mass is 9.95. The van der Waals surface area contributed by atoms with Crippen molar-refractivity contribution in [3.8, 4) is 5.75 Å². The first-order chi connectivity index (χ1) is 8.45. The maximum absolute atomic E-state index is 6.24. The quantitative estimate of drug-likeness (QED) is 0.843. The molecule has 0 fully saturated rings. The number of methoxy groups -OCH3 is 1. The van der Waals surface area contributed by atoms with Crippen molar-refractivity contribution in [3.63, 3.8) is 0 Å². The Morgan fingerprint density at radius 3 is 2.44 bits per heavy atom. The molecule has 0 heterocycles. The van der Waals surface area contributed by atoms with Crippen LogP contribution in [-0.4, -0.2) is 32.6 Å². The van der Waals surface area contributed by atoms with E-state index < -0.39 is 0 Å². The normalized spacial score (nSPS) is 13.1. The van der Waals surface area contributed by atoms with E-state index in [4.69, 9.17) is 10.5 Å². The zero-order valence-electron chi connectivity index (χ0n) is 12.2. The molecule has 18 heavy (non-hydrogen) atoms. The highest BCUT2D eigenvalue weighted by molar-refractivity contribution is 5.40. The molecule has 0 radical (unpaired) electrons. The largest absolute Gasteiger partial charge is 0.496 e. The summed E-state index contributed by atoms with van der Waals surface area (Å²) in [5, 5.41) is 0. The molecular weight excluding hydrogens is 224 g/mol. The van der Waals surface area contributed by atoms with E-state index in [2.05, 4.69) is 45.0 Å². The van der Waals surface area contributed by atoms with Crippen molar-refractivity contribution in [3.05, 3.63) is 29.3 Å². The monoisotopic (exact) mass is 250 g/mol. The number of nitrogens with zero attached hydrogens (tertiary/aromatic N) is 1. The summed E-state index contributed by atoms with van der Waals surface area (Å²) in [6, 6.07) is 6.38. The molecule has 3 nitrogen and oxygen atoms in total. The van der Waals surface area contributed by atoms with Gasteiger partial charge in [0.05, 0.1) is 7.11 Å². The first-order valence-electron chi connectivity index (χ1n) is 6.53. The Bertz CT molecular complexity index is 375. The molecule has 2 N–H and O–H groups in total. The molecule has 0 aromatic heterocycles. The summed E-state index contributed by atoms with van der Waals surface area (Å²) in [5.41, 5.74) is 8.66. The van der Waals surface area contributed by atoms with Crippen molar-refractivity contribution >= 4 is 0 Å². The van der Waals surface area contributed by atoms with Gasteiger partial charge in [-0.1, -0.05) is 26.0 Å². The van der Waals surface area contributed by atoms with Gasteiger partial charge in [0.1, 0.15) is 5.75 Å². The van der Waals surface area contributed by atoms with Crippen LogP contribution in [0.3, 0.4) is 0 Å². The van der Waals surface area contributed by atoms with Crippen LogP contribution in [0.4, 0.5) is 0 Å². The first kappa shape index (κ1) is 15.0. The Balaban J connectivity index is 2.86. The average molecular weight is 250 g/mol. The SMILES string of the molecule is COc1ccc(C(N)CCN(C)C)cc1C(C)C. The van der Waals surface area contributed by atoms with Crippen molar-refractivity contribution < 1.29 is 4.74 Å². The van der Waals surface area contributed by atoms with Crippen molar-refractivity contribution in [2.45, 2.75) is 32.2 Å². The molecule has 1 aromatic carbocycles. The highest BCUT2D eigenvalue weighted by atomic mass is 16.5. The van der Waals surface area contributed by atoms with E-state index in [1.807, 2.05) is 6.07 Å². The minimum atomic E-state index is 0.0933. The second kappa shape index (κ2) is 6.76. The van der Waals surface area contributed by atoms with Gasteiger partial charge in [-0.2, -0.15) is 0 Å². The Kier molecular flexibility index (Phi) is 5.63. The van der Waals surface area contributed by atoms with Gasteiger partial charge in [0.15, 0.2) is 0 Å². The maximum Gasteiger partial charge on any atom is 0.122 e. The molecule has 0 amide bonds. The Hall–Kier alpha value is -1.06. The smallest absolute Gasteiger partial charge is 0.122 e. The third kappa shape index (κ3) is 4.00. The first-order valence-corrected chi connectivity index (χ1v) is 6.53. The minimum Gasteiger partial charge on any atom is -0.496 e. The predicted molar refractivity (Wildman–Crippen MR) is 77.2 cm³/mol. The lowest BCUT2D eigenvalue weighted by molar-refractivity contribution is 0.382. The summed E-state index contributed by atoms with van der Waals surface area (Å²) in [4.78, 5) is 2.16. The molecule has 0 saturated heterocycles. The summed E-state index contributed by atoms with van der Waals surface area (Å²) < 4.78 is 5.39. The molecule has 1 unspecified atom stereocenters. The summed E-state index contributed by atoms with van der Waals surface area (Å²) in [6.45, 7) is 5.35. The van der Waals surface area contributed by atoms with E-state index in [-0.39, 0.29) is 6.04 Å².